The van der Waals surface area contributed by atoms with Gasteiger partial charge in [-0.05, 0) is 42.7 Å². The van der Waals surface area contributed by atoms with E-state index in [0.717, 1.165) is 11.1 Å². The van der Waals surface area contributed by atoms with Crippen LogP contribution in [-0.2, 0) is 9.59 Å². The molecule has 2 amide bonds. The van der Waals surface area contributed by atoms with Crippen molar-refractivity contribution in [2.24, 2.45) is 0 Å². The van der Waals surface area contributed by atoms with Crippen molar-refractivity contribution in [2.45, 2.75) is 19.8 Å². The van der Waals surface area contributed by atoms with Crippen LogP contribution in [0.3, 0.4) is 0 Å². The van der Waals surface area contributed by atoms with Crippen LogP contribution in [0.5, 0.6) is 0 Å². The molecule has 2 aromatic carbocycles. The summed E-state index contributed by atoms with van der Waals surface area (Å²) in [5, 5.41) is 3.42. The molecule has 0 spiro atoms. The maximum absolute atomic E-state index is 12.7. The minimum Gasteiger partial charge on any atom is -0.325 e. The third-order valence-corrected chi connectivity index (χ3v) is 6.63. The number of hydrogen-bond donors (Lipinski definition) is 1. The minimum absolute atomic E-state index is 0.130. The molecular weight excluding hydrogens is 471 g/mol. The lowest BCUT2D eigenvalue weighted by atomic mass is 10.1. The average molecular weight is 491 g/mol. The number of anilines is 1. The van der Waals surface area contributed by atoms with Crippen molar-refractivity contribution in [3.63, 3.8) is 0 Å². The summed E-state index contributed by atoms with van der Waals surface area (Å²) in [6.07, 6.45) is 4.56. The van der Waals surface area contributed by atoms with E-state index in [1.165, 1.54) is 11.8 Å². The van der Waals surface area contributed by atoms with Gasteiger partial charge in [-0.3, -0.25) is 14.5 Å². The Kier molecular flexibility index (Phi) is 8.32. The fourth-order valence-corrected chi connectivity index (χ4v) is 4.67. The summed E-state index contributed by atoms with van der Waals surface area (Å²) in [6.45, 7) is 2.32. The number of carbonyl (C=O) groups is 2. The third kappa shape index (κ3) is 6.43. The van der Waals surface area contributed by atoms with Gasteiger partial charge in [0.1, 0.15) is 4.32 Å². The number of hydrogen-bond acceptors (Lipinski definition) is 4. The quantitative estimate of drug-likeness (QED) is 0.352. The number of nitrogens with zero attached hydrogens (tertiary/aromatic N) is 1. The maximum Gasteiger partial charge on any atom is 0.266 e. The lowest BCUT2D eigenvalue weighted by Gasteiger charge is -2.14. The van der Waals surface area contributed by atoms with Gasteiger partial charge in [0.25, 0.3) is 5.91 Å². The van der Waals surface area contributed by atoms with Crippen LogP contribution in [-0.4, -0.2) is 27.6 Å². The Balaban J connectivity index is 1.55. The lowest BCUT2D eigenvalue weighted by molar-refractivity contribution is -0.122. The third-order valence-electron chi connectivity index (χ3n) is 4.44. The zero-order valence-corrected chi connectivity index (χ0v) is 19.9. The molecule has 1 heterocycles. The Morgan fingerprint density at radius 2 is 1.90 bits per heavy atom. The molecule has 1 aliphatic rings. The summed E-state index contributed by atoms with van der Waals surface area (Å²) >= 11 is 18.7. The van der Waals surface area contributed by atoms with E-state index in [1.54, 1.807) is 23.1 Å². The van der Waals surface area contributed by atoms with Crippen LogP contribution in [0, 0.1) is 0 Å². The van der Waals surface area contributed by atoms with Crippen LogP contribution in [0.15, 0.2) is 65.1 Å². The lowest BCUT2D eigenvalue weighted by Crippen LogP contribution is -2.29. The molecule has 1 saturated heterocycles. The van der Waals surface area contributed by atoms with Gasteiger partial charge in [0.15, 0.2) is 0 Å². The Morgan fingerprint density at radius 3 is 2.65 bits per heavy atom. The second-order valence-electron chi connectivity index (χ2n) is 6.89. The Bertz CT molecular complexity index is 1070. The smallest absolute Gasteiger partial charge is 0.266 e. The summed E-state index contributed by atoms with van der Waals surface area (Å²) in [5.41, 5.74) is 2.50. The Morgan fingerprint density at radius 1 is 1.16 bits per heavy atom. The SMILES string of the molecule is CC(/C=C1\SC(=S)N(CCCC(=O)Nc2cccc(Cl)c2Cl)C1=O)=C\c1ccccc1. The molecular formula is C23H20Cl2N2O2S2. The summed E-state index contributed by atoms with van der Waals surface area (Å²) in [4.78, 5) is 27.1. The number of thioether (sulfide) groups is 1. The van der Waals surface area contributed by atoms with Gasteiger partial charge in [0.2, 0.25) is 5.91 Å². The van der Waals surface area contributed by atoms with Gasteiger partial charge in [0.05, 0.1) is 20.6 Å². The van der Waals surface area contributed by atoms with Crippen molar-refractivity contribution >= 4 is 75.1 Å². The zero-order chi connectivity index (χ0) is 22.4. The molecule has 31 heavy (non-hydrogen) atoms. The topological polar surface area (TPSA) is 49.4 Å². The predicted molar refractivity (Wildman–Crippen MR) is 134 cm³/mol. The van der Waals surface area contributed by atoms with Crippen molar-refractivity contribution in [3.05, 3.63) is 80.7 Å². The van der Waals surface area contributed by atoms with E-state index in [9.17, 15) is 9.59 Å². The molecule has 4 nitrogen and oxygen atoms in total. The van der Waals surface area contributed by atoms with Crippen molar-refractivity contribution in [2.75, 3.05) is 11.9 Å². The zero-order valence-electron chi connectivity index (χ0n) is 16.7. The standard InChI is InChI=1S/C23H20Cl2N2O2S2/c1-15(13-16-7-3-2-4-8-16)14-19-22(29)27(23(30)31-19)12-6-11-20(28)26-18-10-5-9-17(24)21(18)25/h2-5,7-10,13-14H,6,11-12H2,1H3,(H,26,28)/b15-13+,19-14-. The number of halogens is 2. The molecule has 0 unspecified atom stereocenters. The van der Waals surface area contributed by atoms with Gasteiger partial charge in [-0.15, -0.1) is 0 Å². The average Bonchev–Trinajstić information content (AvgIpc) is 2.99. The molecule has 3 rings (SSSR count). The summed E-state index contributed by atoms with van der Waals surface area (Å²) in [7, 11) is 0. The fraction of sp³-hybridized carbons (Fsp3) is 0.174. The minimum atomic E-state index is -0.202. The normalized spacial score (nSPS) is 15.6. The van der Waals surface area contributed by atoms with Gasteiger partial charge in [-0.1, -0.05) is 89.7 Å². The number of benzene rings is 2. The van der Waals surface area contributed by atoms with E-state index in [0.29, 0.717) is 37.9 Å². The molecule has 0 bridgehead atoms. The second-order valence-corrected chi connectivity index (χ2v) is 9.35. The molecule has 160 valence electrons. The Labute approximate surface area is 201 Å². The molecule has 1 aliphatic heterocycles. The van der Waals surface area contributed by atoms with Crippen LogP contribution < -0.4 is 5.32 Å². The van der Waals surface area contributed by atoms with Gasteiger partial charge in [-0.2, -0.15) is 0 Å². The summed E-state index contributed by atoms with van der Waals surface area (Å²) in [5.74, 6) is -0.333. The van der Waals surface area contributed by atoms with E-state index in [1.807, 2.05) is 49.4 Å². The highest BCUT2D eigenvalue weighted by molar-refractivity contribution is 8.26. The highest BCUT2D eigenvalue weighted by Gasteiger charge is 2.31. The Hall–Kier alpha value is -2.12. The number of allylic oxidation sites excluding steroid dienone is 2. The highest BCUT2D eigenvalue weighted by Crippen LogP contribution is 2.32. The fourth-order valence-electron chi connectivity index (χ4n) is 2.96. The molecule has 0 aromatic heterocycles. The van der Waals surface area contributed by atoms with Crippen LogP contribution in [0.1, 0.15) is 25.3 Å². The first-order chi connectivity index (χ1) is 14.8. The van der Waals surface area contributed by atoms with Crippen molar-refractivity contribution < 1.29 is 9.59 Å². The molecule has 2 aromatic rings. The van der Waals surface area contributed by atoms with Crippen LogP contribution >= 0.6 is 47.2 Å². The van der Waals surface area contributed by atoms with E-state index in [4.69, 9.17) is 35.4 Å². The van der Waals surface area contributed by atoms with E-state index in [-0.39, 0.29) is 18.2 Å². The summed E-state index contributed by atoms with van der Waals surface area (Å²) < 4.78 is 0.502. The molecule has 0 saturated carbocycles. The van der Waals surface area contributed by atoms with E-state index < -0.39 is 0 Å². The van der Waals surface area contributed by atoms with Gasteiger partial charge in [-0.25, -0.2) is 0 Å². The largest absolute Gasteiger partial charge is 0.325 e. The van der Waals surface area contributed by atoms with Crippen molar-refractivity contribution in [1.29, 1.82) is 0 Å². The van der Waals surface area contributed by atoms with Gasteiger partial charge in [0, 0.05) is 13.0 Å². The van der Waals surface area contributed by atoms with Crippen LogP contribution in [0.25, 0.3) is 6.08 Å². The molecule has 1 fully saturated rings. The van der Waals surface area contributed by atoms with Crippen molar-refractivity contribution in [1.82, 2.24) is 4.90 Å². The molecule has 0 atom stereocenters. The number of amides is 2. The van der Waals surface area contributed by atoms with Crippen molar-refractivity contribution in [3.8, 4) is 0 Å². The summed E-state index contributed by atoms with van der Waals surface area (Å²) in [6, 6.07) is 15.0. The first kappa shape index (κ1) is 23.5. The van der Waals surface area contributed by atoms with Gasteiger partial charge < -0.3 is 5.32 Å². The highest BCUT2D eigenvalue weighted by atomic mass is 35.5. The first-order valence-corrected chi connectivity index (χ1v) is 11.6. The number of thiocarbonyl (C=S) groups is 1. The number of nitrogens with one attached hydrogen (secondary N) is 1. The number of carbonyl (C=O) groups excluding carboxylic acids is 2. The molecule has 0 aliphatic carbocycles. The number of rotatable bonds is 7. The maximum atomic E-state index is 12.7. The second kappa shape index (κ2) is 11.0. The van der Waals surface area contributed by atoms with Crippen LogP contribution in [0.4, 0.5) is 5.69 Å². The first-order valence-electron chi connectivity index (χ1n) is 9.57. The van der Waals surface area contributed by atoms with E-state index in [2.05, 4.69) is 5.32 Å². The molecule has 1 N–H and O–H groups in total. The molecule has 0 radical (unpaired) electrons. The monoisotopic (exact) mass is 490 g/mol. The van der Waals surface area contributed by atoms with E-state index >= 15 is 0 Å². The van der Waals surface area contributed by atoms with Crippen LogP contribution in [0.2, 0.25) is 10.0 Å². The van der Waals surface area contributed by atoms with Gasteiger partial charge >= 0.3 is 0 Å². The predicted octanol–water partition coefficient (Wildman–Crippen LogP) is 6.56. The molecule has 8 heteroatoms.